The van der Waals surface area contributed by atoms with E-state index in [9.17, 15) is 0 Å². The topological polar surface area (TPSA) is 20.2 Å². The van der Waals surface area contributed by atoms with Gasteiger partial charge in [-0.1, -0.05) is 35.8 Å². The Morgan fingerprint density at radius 1 is 1.43 bits per heavy atom. The van der Waals surface area contributed by atoms with Gasteiger partial charge in [0.15, 0.2) is 0 Å². The molecule has 3 heteroatoms. The summed E-state index contributed by atoms with van der Waals surface area (Å²) in [5.41, 5.74) is 1.01. The van der Waals surface area contributed by atoms with Crippen LogP contribution in [-0.4, -0.2) is 10.9 Å². The van der Waals surface area contributed by atoms with Crippen molar-refractivity contribution in [1.29, 1.82) is 0 Å². The summed E-state index contributed by atoms with van der Waals surface area (Å²) in [5.74, 6) is 1.76. The zero-order valence-corrected chi connectivity index (χ0v) is 10.9. The Labute approximate surface area is 98.0 Å². The highest BCUT2D eigenvalue weighted by molar-refractivity contribution is 9.10. The minimum absolute atomic E-state index is 0.119. The summed E-state index contributed by atoms with van der Waals surface area (Å²) in [6, 6.07) is 6.00. The molecular weight excluding hydrogens is 260 g/mol. The summed E-state index contributed by atoms with van der Waals surface area (Å²) >= 11 is 5.24. The molecule has 0 saturated carbocycles. The van der Waals surface area contributed by atoms with E-state index < -0.39 is 0 Å². The van der Waals surface area contributed by atoms with Crippen molar-refractivity contribution in [3.05, 3.63) is 28.2 Å². The molecule has 78 valence electrons. The van der Waals surface area contributed by atoms with Gasteiger partial charge in [0, 0.05) is 15.1 Å². The van der Waals surface area contributed by atoms with Crippen LogP contribution in [0.4, 0.5) is 0 Å². The molecule has 0 aromatic heterocycles. The Kier molecular flexibility index (Phi) is 4.99. The first-order valence-corrected chi connectivity index (χ1v) is 6.43. The van der Waals surface area contributed by atoms with E-state index in [-0.39, 0.29) is 6.61 Å². The van der Waals surface area contributed by atoms with Gasteiger partial charge >= 0.3 is 0 Å². The number of aliphatic hydroxyl groups excluding tert-OH is 1. The van der Waals surface area contributed by atoms with Gasteiger partial charge in [-0.3, -0.25) is 0 Å². The first kappa shape index (κ1) is 12.1. The highest BCUT2D eigenvalue weighted by atomic mass is 79.9. The molecular formula is C11H15BrOS. The number of benzene rings is 1. The average molecular weight is 275 g/mol. The van der Waals surface area contributed by atoms with E-state index in [4.69, 9.17) is 5.11 Å². The summed E-state index contributed by atoms with van der Waals surface area (Å²) < 4.78 is 1.07. The Balaban J connectivity index is 2.77. The van der Waals surface area contributed by atoms with Crippen molar-refractivity contribution in [3.8, 4) is 0 Å². The molecule has 0 aliphatic rings. The van der Waals surface area contributed by atoms with Gasteiger partial charge in [-0.15, -0.1) is 11.8 Å². The second kappa shape index (κ2) is 5.79. The second-order valence-electron chi connectivity index (χ2n) is 3.62. The quantitative estimate of drug-likeness (QED) is 0.846. The number of rotatable bonds is 4. The molecule has 0 saturated heterocycles. The standard InChI is InChI=1S/C11H15BrOS/c1-8(2)7-14-11-5-10(12)4-3-9(11)6-13/h3-5,8,13H,6-7H2,1-2H3. The fraction of sp³-hybridized carbons (Fsp3) is 0.455. The average Bonchev–Trinajstić information content (AvgIpc) is 2.15. The maximum absolute atomic E-state index is 9.15. The lowest BCUT2D eigenvalue weighted by atomic mass is 10.2. The molecule has 1 rings (SSSR count). The fourth-order valence-electron chi connectivity index (χ4n) is 1.05. The zero-order valence-electron chi connectivity index (χ0n) is 8.46. The van der Waals surface area contributed by atoms with E-state index >= 15 is 0 Å². The largest absolute Gasteiger partial charge is 0.392 e. The normalized spacial score (nSPS) is 10.9. The maximum atomic E-state index is 9.15. The van der Waals surface area contributed by atoms with Crippen LogP contribution in [0.15, 0.2) is 27.6 Å². The summed E-state index contributed by atoms with van der Waals surface area (Å²) in [5, 5.41) is 9.15. The van der Waals surface area contributed by atoms with E-state index in [0.717, 1.165) is 15.8 Å². The number of hydrogen-bond acceptors (Lipinski definition) is 2. The number of thioether (sulfide) groups is 1. The Bertz CT molecular complexity index is 299. The molecule has 0 fully saturated rings. The molecule has 0 aliphatic carbocycles. The van der Waals surface area contributed by atoms with Gasteiger partial charge < -0.3 is 5.11 Å². The third-order valence-electron chi connectivity index (χ3n) is 1.77. The molecule has 1 aromatic rings. The summed E-state index contributed by atoms with van der Waals surface area (Å²) in [6.45, 7) is 4.51. The van der Waals surface area contributed by atoms with Crippen LogP contribution in [0.25, 0.3) is 0 Å². The fourth-order valence-corrected chi connectivity index (χ4v) is 2.60. The van der Waals surface area contributed by atoms with Crippen LogP contribution in [0.1, 0.15) is 19.4 Å². The van der Waals surface area contributed by atoms with Crippen LogP contribution < -0.4 is 0 Å². The van der Waals surface area contributed by atoms with E-state index in [0.29, 0.717) is 5.92 Å². The minimum Gasteiger partial charge on any atom is -0.392 e. The monoisotopic (exact) mass is 274 g/mol. The molecule has 0 spiro atoms. The van der Waals surface area contributed by atoms with Crippen LogP contribution in [0.2, 0.25) is 0 Å². The lowest BCUT2D eigenvalue weighted by molar-refractivity contribution is 0.279. The van der Waals surface area contributed by atoms with E-state index in [2.05, 4.69) is 35.8 Å². The predicted octanol–water partition coefficient (Wildman–Crippen LogP) is 3.69. The molecule has 1 aromatic carbocycles. The minimum atomic E-state index is 0.119. The van der Waals surface area contributed by atoms with Crippen LogP contribution >= 0.6 is 27.7 Å². The highest BCUT2D eigenvalue weighted by Gasteiger charge is 2.04. The number of aliphatic hydroxyl groups is 1. The molecule has 0 amide bonds. The third kappa shape index (κ3) is 3.64. The summed E-state index contributed by atoms with van der Waals surface area (Å²) in [6.07, 6.45) is 0. The van der Waals surface area contributed by atoms with Crippen LogP contribution in [0.3, 0.4) is 0 Å². The maximum Gasteiger partial charge on any atom is 0.0692 e. The van der Waals surface area contributed by atoms with E-state index in [1.165, 1.54) is 4.90 Å². The van der Waals surface area contributed by atoms with E-state index in [1.807, 2.05) is 12.1 Å². The predicted molar refractivity (Wildman–Crippen MR) is 65.6 cm³/mol. The molecule has 0 heterocycles. The molecule has 0 aliphatic heterocycles. The van der Waals surface area contributed by atoms with Crippen molar-refractivity contribution < 1.29 is 5.11 Å². The first-order valence-electron chi connectivity index (χ1n) is 4.65. The Morgan fingerprint density at radius 2 is 2.14 bits per heavy atom. The molecule has 1 nitrogen and oxygen atoms in total. The van der Waals surface area contributed by atoms with E-state index in [1.54, 1.807) is 11.8 Å². The molecule has 1 N–H and O–H groups in total. The molecule has 0 radical (unpaired) electrons. The number of hydrogen-bond donors (Lipinski definition) is 1. The van der Waals surface area contributed by atoms with Crippen molar-refractivity contribution in [3.63, 3.8) is 0 Å². The van der Waals surface area contributed by atoms with Crippen LogP contribution in [-0.2, 0) is 6.61 Å². The first-order chi connectivity index (χ1) is 6.63. The summed E-state index contributed by atoms with van der Waals surface area (Å²) in [4.78, 5) is 1.18. The third-order valence-corrected chi connectivity index (χ3v) is 3.79. The molecule has 0 atom stereocenters. The molecule has 0 bridgehead atoms. The highest BCUT2D eigenvalue weighted by Crippen LogP contribution is 2.27. The van der Waals surface area contributed by atoms with Gasteiger partial charge in [-0.2, -0.15) is 0 Å². The second-order valence-corrected chi connectivity index (χ2v) is 5.59. The van der Waals surface area contributed by atoms with Gasteiger partial charge in [-0.25, -0.2) is 0 Å². The lowest BCUT2D eigenvalue weighted by Crippen LogP contribution is -1.93. The Morgan fingerprint density at radius 3 is 2.71 bits per heavy atom. The van der Waals surface area contributed by atoms with Gasteiger partial charge in [0.25, 0.3) is 0 Å². The van der Waals surface area contributed by atoms with Gasteiger partial charge in [0.1, 0.15) is 0 Å². The SMILES string of the molecule is CC(C)CSc1cc(Br)ccc1CO. The van der Waals surface area contributed by atoms with Crippen molar-refractivity contribution in [1.82, 2.24) is 0 Å². The van der Waals surface area contributed by atoms with Crippen LogP contribution in [0, 0.1) is 5.92 Å². The van der Waals surface area contributed by atoms with Gasteiger partial charge in [0.2, 0.25) is 0 Å². The van der Waals surface area contributed by atoms with Crippen molar-refractivity contribution in [2.75, 3.05) is 5.75 Å². The van der Waals surface area contributed by atoms with Crippen LogP contribution in [0.5, 0.6) is 0 Å². The molecule has 14 heavy (non-hydrogen) atoms. The Hall–Kier alpha value is 0.01000. The van der Waals surface area contributed by atoms with Gasteiger partial charge in [0.05, 0.1) is 6.61 Å². The number of halogens is 1. The smallest absolute Gasteiger partial charge is 0.0692 e. The van der Waals surface area contributed by atoms with Crippen molar-refractivity contribution in [2.45, 2.75) is 25.3 Å². The van der Waals surface area contributed by atoms with Crippen molar-refractivity contribution in [2.24, 2.45) is 5.92 Å². The van der Waals surface area contributed by atoms with Gasteiger partial charge in [-0.05, 0) is 23.6 Å². The summed E-state index contributed by atoms with van der Waals surface area (Å²) in [7, 11) is 0. The zero-order chi connectivity index (χ0) is 10.6. The lowest BCUT2D eigenvalue weighted by Gasteiger charge is -2.09. The molecule has 0 unspecified atom stereocenters. The van der Waals surface area contributed by atoms with Crippen molar-refractivity contribution >= 4 is 27.7 Å².